The lowest BCUT2D eigenvalue weighted by Gasteiger charge is -2.35. The average Bonchev–Trinajstić information content (AvgIpc) is 2.63. The predicted octanol–water partition coefficient (Wildman–Crippen LogP) is 2.83. The van der Waals surface area contributed by atoms with Gasteiger partial charge in [0.15, 0.2) is 16.6 Å². The number of aromatic hydroxyl groups is 1. The van der Waals surface area contributed by atoms with Gasteiger partial charge < -0.3 is 25.8 Å². The Morgan fingerprint density at radius 2 is 2.00 bits per heavy atom. The van der Waals surface area contributed by atoms with Crippen LogP contribution < -0.4 is 20.7 Å². The lowest BCUT2D eigenvalue weighted by molar-refractivity contribution is -0.119. The van der Waals surface area contributed by atoms with Crippen molar-refractivity contribution in [2.24, 2.45) is 5.92 Å². The van der Waals surface area contributed by atoms with Crippen molar-refractivity contribution >= 4 is 28.9 Å². The van der Waals surface area contributed by atoms with Gasteiger partial charge in [0.25, 0.3) is 0 Å². The minimum Gasteiger partial charge on any atom is -0.504 e. The Morgan fingerprint density at radius 3 is 2.67 bits per heavy atom. The highest BCUT2D eigenvalue weighted by molar-refractivity contribution is 7.80. The number of methoxy groups -OCH3 is 1. The van der Waals surface area contributed by atoms with E-state index in [4.69, 9.17) is 17.0 Å². The van der Waals surface area contributed by atoms with Crippen LogP contribution in [0.5, 0.6) is 11.5 Å². The van der Waals surface area contributed by atoms with Gasteiger partial charge in [-0.2, -0.15) is 0 Å². The largest absolute Gasteiger partial charge is 0.504 e. The normalized spacial score (nSPS) is 19.0. The molecule has 2 aromatic rings. The third kappa shape index (κ3) is 4.01. The van der Waals surface area contributed by atoms with Crippen LogP contribution in [-0.4, -0.2) is 23.2 Å². The van der Waals surface area contributed by atoms with E-state index >= 15 is 0 Å². The number of phenols is 1. The van der Waals surface area contributed by atoms with E-state index in [9.17, 15) is 14.3 Å². The summed E-state index contributed by atoms with van der Waals surface area (Å²) in [6, 6.07) is 9.74. The molecule has 1 amide bonds. The molecule has 1 heterocycles. The van der Waals surface area contributed by atoms with Crippen molar-refractivity contribution in [3.8, 4) is 11.5 Å². The SMILES string of the molecule is C=C1NC(=S)N[C@H](c2ccc(O)c(OC)c2)[C@H]1C(=O)Nc1ccc(F)cc1. The zero-order valence-corrected chi connectivity index (χ0v) is 15.3. The van der Waals surface area contributed by atoms with Crippen molar-refractivity contribution in [3.63, 3.8) is 0 Å². The van der Waals surface area contributed by atoms with Gasteiger partial charge >= 0.3 is 0 Å². The first-order chi connectivity index (χ1) is 12.9. The molecule has 2 atom stereocenters. The minimum atomic E-state index is -0.712. The molecule has 0 bridgehead atoms. The maximum Gasteiger partial charge on any atom is 0.235 e. The summed E-state index contributed by atoms with van der Waals surface area (Å²) in [4.78, 5) is 12.9. The quantitative estimate of drug-likeness (QED) is 0.604. The summed E-state index contributed by atoms with van der Waals surface area (Å²) in [7, 11) is 1.44. The van der Waals surface area contributed by atoms with E-state index in [1.165, 1.54) is 37.4 Å². The molecular weight excluding hydrogens is 369 g/mol. The highest BCUT2D eigenvalue weighted by atomic mass is 32.1. The first-order valence-electron chi connectivity index (χ1n) is 8.08. The molecule has 3 rings (SSSR count). The molecule has 0 unspecified atom stereocenters. The highest BCUT2D eigenvalue weighted by Gasteiger charge is 2.37. The molecule has 140 valence electrons. The van der Waals surface area contributed by atoms with E-state index < -0.39 is 17.8 Å². The van der Waals surface area contributed by atoms with E-state index in [0.717, 1.165) is 0 Å². The predicted molar refractivity (Wildman–Crippen MR) is 104 cm³/mol. The van der Waals surface area contributed by atoms with Gasteiger partial charge in [0.2, 0.25) is 5.91 Å². The van der Waals surface area contributed by atoms with Gasteiger partial charge in [0.05, 0.1) is 13.2 Å². The molecular formula is C19H18FN3O3S. The van der Waals surface area contributed by atoms with Crippen LogP contribution in [0.2, 0.25) is 0 Å². The first kappa shape index (κ1) is 18.7. The van der Waals surface area contributed by atoms with Crippen LogP contribution in [0, 0.1) is 11.7 Å². The summed E-state index contributed by atoms with van der Waals surface area (Å²) in [6.45, 7) is 3.92. The topological polar surface area (TPSA) is 82.6 Å². The molecule has 6 nitrogen and oxygen atoms in total. The van der Waals surface area contributed by atoms with E-state index in [0.29, 0.717) is 22.1 Å². The molecule has 0 spiro atoms. The number of amides is 1. The van der Waals surface area contributed by atoms with E-state index in [1.807, 2.05) is 0 Å². The number of rotatable bonds is 4. The van der Waals surface area contributed by atoms with Crippen LogP contribution >= 0.6 is 12.2 Å². The van der Waals surface area contributed by atoms with Crippen LogP contribution in [0.3, 0.4) is 0 Å². The third-order valence-corrected chi connectivity index (χ3v) is 4.45. The highest BCUT2D eigenvalue weighted by Crippen LogP contribution is 2.35. The smallest absolute Gasteiger partial charge is 0.235 e. The third-order valence-electron chi connectivity index (χ3n) is 4.23. The maximum atomic E-state index is 13.1. The number of phenolic OH excluding ortho intramolecular Hbond substituents is 1. The molecule has 27 heavy (non-hydrogen) atoms. The molecule has 1 saturated heterocycles. The Balaban J connectivity index is 1.91. The van der Waals surface area contributed by atoms with Crippen molar-refractivity contribution in [1.82, 2.24) is 10.6 Å². The second-order valence-corrected chi connectivity index (χ2v) is 6.41. The molecule has 0 radical (unpaired) electrons. The zero-order valence-electron chi connectivity index (χ0n) is 14.5. The Hall–Kier alpha value is -3.13. The van der Waals surface area contributed by atoms with Crippen molar-refractivity contribution < 1.29 is 19.0 Å². The van der Waals surface area contributed by atoms with Crippen LogP contribution in [-0.2, 0) is 4.79 Å². The summed E-state index contributed by atoms with van der Waals surface area (Å²) in [5.74, 6) is -1.18. The molecule has 1 aliphatic heterocycles. The van der Waals surface area contributed by atoms with Crippen LogP contribution in [0.15, 0.2) is 54.7 Å². The molecule has 0 aliphatic carbocycles. The number of benzene rings is 2. The fourth-order valence-electron chi connectivity index (χ4n) is 2.91. The number of carbonyl (C=O) groups is 1. The summed E-state index contributed by atoms with van der Waals surface area (Å²) in [5.41, 5.74) is 1.58. The van der Waals surface area contributed by atoms with Gasteiger partial charge in [-0.3, -0.25) is 4.79 Å². The number of nitrogens with one attached hydrogen (secondary N) is 3. The van der Waals surface area contributed by atoms with Crippen molar-refractivity contribution in [1.29, 1.82) is 0 Å². The molecule has 8 heteroatoms. The lowest BCUT2D eigenvalue weighted by Crippen LogP contribution is -2.51. The fourth-order valence-corrected chi connectivity index (χ4v) is 3.17. The Bertz CT molecular complexity index is 902. The Labute approximate surface area is 161 Å². The van der Waals surface area contributed by atoms with Crippen LogP contribution in [0.25, 0.3) is 0 Å². The monoisotopic (exact) mass is 387 g/mol. The van der Waals surface area contributed by atoms with E-state index in [-0.39, 0.29) is 17.4 Å². The van der Waals surface area contributed by atoms with Gasteiger partial charge in [0, 0.05) is 11.4 Å². The zero-order chi connectivity index (χ0) is 19.6. The number of thiocarbonyl (C=S) groups is 1. The second kappa shape index (κ2) is 7.63. The average molecular weight is 387 g/mol. The van der Waals surface area contributed by atoms with Gasteiger partial charge in [0.1, 0.15) is 11.7 Å². The number of anilines is 1. The molecule has 0 aromatic heterocycles. The first-order valence-corrected chi connectivity index (χ1v) is 8.49. The fraction of sp³-hybridized carbons (Fsp3) is 0.158. The molecule has 1 aliphatic rings. The summed E-state index contributed by atoms with van der Waals surface area (Å²) in [6.07, 6.45) is 0. The number of ether oxygens (including phenoxy) is 1. The lowest BCUT2D eigenvalue weighted by atomic mass is 9.88. The minimum absolute atomic E-state index is 0.0103. The Morgan fingerprint density at radius 1 is 1.30 bits per heavy atom. The van der Waals surface area contributed by atoms with Crippen LogP contribution in [0.4, 0.5) is 10.1 Å². The van der Waals surface area contributed by atoms with Gasteiger partial charge in [-0.05, 0) is 54.2 Å². The van der Waals surface area contributed by atoms with E-state index in [1.54, 1.807) is 12.1 Å². The molecule has 4 N–H and O–H groups in total. The summed E-state index contributed by atoms with van der Waals surface area (Å²) in [5, 5.41) is 18.8. The summed E-state index contributed by atoms with van der Waals surface area (Å²) < 4.78 is 18.2. The maximum absolute atomic E-state index is 13.1. The van der Waals surface area contributed by atoms with Gasteiger partial charge in [-0.1, -0.05) is 12.6 Å². The van der Waals surface area contributed by atoms with Crippen molar-refractivity contribution in [2.75, 3.05) is 12.4 Å². The standard InChI is InChI=1S/C19H18FN3O3S/c1-10-16(18(25)22-13-6-4-12(20)5-7-13)17(23-19(27)21-10)11-3-8-14(24)15(9-11)26-2/h3-9,16-17,24H,1H2,2H3,(H,22,25)(H2,21,23,27)/t16-,17+/m0/s1. The number of hydrogen-bond acceptors (Lipinski definition) is 4. The van der Waals surface area contributed by atoms with Gasteiger partial charge in [-0.25, -0.2) is 4.39 Å². The Kier molecular flexibility index (Phi) is 5.27. The van der Waals surface area contributed by atoms with Crippen LogP contribution in [0.1, 0.15) is 11.6 Å². The van der Waals surface area contributed by atoms with E-state index in [2.05, 4.69) is 22.5 Å². The van der Waals surface area contributed by atoms with Gasteiger partial charge in [-0.15, -0.1) is 0 Å². The summed E-state index contributed by atoms with van der Waals surface area (Å²) >= 11 is 5.19. The number of hydrogen-bond donors (Lipinski definition) is 4. The van der Waals surface area contributed by atoms with Crippen molar-refractivity contribution in [3.05, 3.63) is 66.1 Å². The number of halogens is 1. The molecule has 2 aromatic carbocycles. The molecule has 0 saturated carbocycles. The number of carbonyl (C=O) groups excluding carboxylic acids is 1. The molecule has 1 fully saturated rings. The van der Waals surface area contributed by atoms with Crippen molar-refractivity contribution in [2.45, 2.75) is 6.04 Å². The second-order valence-electron chi connectivity index (χ2n) is 6.01.